The molecule has 2 atom stereocenters. The monoisotopic (exact) mass is 227 g/mol. The van der Waals surface area contributed by atoms with Gasteiger partial charge in [0.2, 0.25) is 0 Å². The van der Waals surface area contributed by atoms with Gasteiger partial charge in [-0.25, -0.2) is 0 Å². The van der Waals surface area contributed by atoms with Crippen LogP contribution in [0.5, 0.6) is 0 Å². The van der Waals surface area contributed by atoms with Crippen molar-refractivity contribution in [1.29, 1.82) is 0 Å². The third-order valence-corrected chi connectivity index (χ3v) is 3.18. The van der Waals surface area contributed by atoms with E-state index >= 15 is 0 Å². The van der Waals surface area contributed by atoms with Crippen LogP contribution in [-0.2, 0) is 4.79 Å². The van der Waals surface area contributed by atoms with Gasteiger partial charge in [0.25, 0.3) is 0 Å². The second kappa shape index (κ2) is 4.11. The molecule has 1 saturated heterocycles. The van der Waals surface area contributed by atoms with Crippen molar-refractivity contribution in [2.45, 2.75) is 65.6 Å². The number of ketones is 1. The summed E-state index contributed by atoms with van der Waals surface area (Å²) in [5, 5.41) is 9.75. The van der Waals surface area contributed by atoms with E-state index in [1.165, 1.54) is 0 Å². The van der Waals surface area contributed by atoms with E-state index in [1.807, 2.05) is 20.8 Å². The number of hydrogen-bond donors (Lipinski definition) is 1. The Morgan fingerprint density at radius 1 is 1.19 bits per heavy atom. The minimum Gasteiger partial charge on any atom is -0.392 e. The molecule has 3 heteroatoms. The lowest BCUT2D eigenvalue weighted by Crippen LogP contribution is -2.50. The first-order chi connectivity index (χ1) is 7.03. The zero-order valence-electron chi connectivity index (χ0n) is 11.4. The molecule has 1 aliphatic rings. The molecule has 3 nitrogen and oxygen atoms in total. The number of nitrogens with zero attached hydrogens (tertiary/aromatic N) is 1. The third-order valence-electron chi connectivity index (χ3n) is 3.18. The fourth-order valence-corrected chi connectivity index (χ4v) is 2.30. The zero-order chi connectivity index (χ0) is 12.7. The van der Waals surface area contributed by atoms with Gasteiger partial charge in [-0.3, -0.25) is 9.69 Å². The van der Waals surface area contributed by atoms with Crippen LogP contribution in [-0.4, -0.2) is 40.0 Å². The maximum Gasteiger partial charge on any atom is 0.155 e. The Balaban J connectivity index is 2.91. The Morgan fingerprint density at radius 3 is 2.06 bits per heavy atom. The van der Waals surface area contributed by atoms with Gasteiger partial charge in [0.1, 0.15) is 0 Å². The minimum absolute atomic E-state index is 0.0664. The first-order valence-electron chi connectivity index (χ1n) is 6.02. The summed E-state index contributed by atoms with van der Waals surface area (Å²) in [6.07, 6.45) is 0.212. The molecular weight excluding hydrogens is 202 g/mol. The summed E-state index contributed by atoms with van der Waals surface area (Å²) >= 11 is 0. The van der Waals surface area contributed by atoms with Crippen molar-refractivity contribution in [2.75, 3.05) is 6.54 Å². The summed E-state index contributed by atoms with van der Waals surface area (Å²) in [4.78, 5) is 14.4. The lowest BCUT2D eigenvalue weighted by atomic mass is 9.84. The number of carbonyl (C=O) groups excluding carboxylic acids is 1. The van der Waals surface area contributed by atoms with E-state index in [-0.39, 0.29) is 28.9 Å². The SMILES string of the molecule is CC(C)(C)C(=O)[C@H]1C[C@@H](O)CN1C(C)(C)C. The maximum absolute atomic E-state index is 12.3. The van der Waals surface area contributed by atoms with E-state index < -0.39 is 0 Å². The van der Waals surface area contributed by atoms with Crippen LogP contribution in [0.25, 0.3) is 0 Å². The highest BCUT2D eigenvalue weighted by Gasteiger charge is 2.44. The first-order valence-corrected chi connectivity index (χ1v) is 6.02. The molecule has 0 radical (unpaired) electrons. The maximum atomic E-state index is 12.3. The molecule has 1 rings (SSSR count). The van der Waals surface area contributed by atoms with Crippen molar-refractivity contribution < 1.29 is 9.90 Å². The average molecular weight is 227 g/mol. The standard InChI is InChI=1S/C13H25NO2/c1-12(2,3)11(16)10-7-9(15)8-14(10)13(4,5)6/h9-10,15H,7-8H2,1-6H3/t9-,10-/m1/s1. The van der Waals surface area contributed by atoms with Crippen LogP contribution in [0.15, 0.2) is 0 Å². The number of carbonyl (C=O) groups is 1. The molecule has 1 fully saturated rings. The minimum atomic E-state index is -0.365. The van der Waals surface area contributed by atoms with Gasteiger partial charge in [0.05, 0.1) is 12.1 Å². The molecule has 0 aromatic heterocycles. The highest BCUT2D eigenvalue weighted by Crippen LogP contribution is 2.31. The molecule has 1 N–H and O–H groups in total. The first kappa shape index (κ1) is 13.7. The molecule has 94 valence electrons. The van der Waals surface area contributed by atoms with Gasteiger partial charge in [-0.2, -0.15) is 0 Å². The van der Waals surface area contributed by atoms with E-state index in [0.29, 0.717) is 13.0 Å². The van der Waals surface area contributed by atoms with Crippen LogP contribution in [0.2, 0.25) is 0 Å². The summed E-state index contributed by atoms with van der Waals surface area (Å²) in [6, 6.07) is -0.130. The second-order valence-corrected chi connectivity index (χ2v) is 6.84. The number of hydrogen-bond acceptors (Lipinski definition) is 3. The van der Waals surface area contributed by atoms with Crippen molar-refractivity contribution in [3.8, 4) is 0 Å². The highest BCUT2D eigenvalue weighted by molar-refractivity contribution is 5.89. The lowest BCUT2D eigenvalue weighted by Gasteiger charge is -2.38. The molecule has 0 spiro atoms. The Hall–Kier alpha value is -0.410. The number of β-amino-alcohol motifs (C(OH)–C–C–N with tert-alkyl or cyclic N) is 1. The van der Waals surface area contributed by atoms with Crippen LogP contribution in [0.1, 0.15) is 48.0 Å². The van der Waals surface area contributed by atoms with E-state index in [4.69, 9.17) is 0 Å². The Bertz CT molecular complexity index is 273. The van der Waals surface area contributed by atoms with Crippen LogP contribution in [0.4, 0.5) is 0 Å². The smallest absolute Gasteiger partial charge is 0.155 e. The largest absolute Gasteiger partial charge is 0.392 e. The van der Waals surface area contributed by atoms with E-state index in [0.717, 1.165) is 0 Å². The van der Waals surface area contributed by atoms with Gasteiger partial charge in [0.15, 0.2) is 5.78 Å². The molecule has 0 aromatic carbocycles. The molecule has 0 unspecified atom stereocenters. The number of rotatable bonds is 1. The van der Waals surface area contributed by atoms with Gasteiger partial charge >= 0.3 is 0 Å². The van der Waals surface area contributed by atoms with Crippen LogP contribution >= 0.6 is 0 Å². The quantitative estimate of drug-likeness (QED) is 0.743. The molecule has 0 amide bonds. The Morgan fingerprint density at radius 2 is 1.69 bits per heavy atom. The van der Waals surface area contributed by atoms with Crippen molar-refractivity contribution in [3.05, 3.63) is 0 Å². The fourth-order valence-electron chi connectivity index (χ4n) is 2.30. The topological polar surface area (TPSA) is 40.5 Å². The van der Waals surface area contributed by atoms with Gasteiger partial charge in [-0.1, -0.05) is 20.8 Å². The number of aliphatic hydroxyl groups is 1. The van der Waals surface area contributed by atoms with Gasteiger partial charge in [-0.15, -0.1) is 0 Å². The second-order valence-electron chi connectivity index (χ2n) is 6.84. The van der Waals surface area contributed by atoms with Gasteiger partial charge in [0, 0.05) is 17.5 Å². The van der Waals surface area contributed by atoms with Gasteiger partial charge < -0.3 is 5.11 Å². The number of aliphatic hydroxyl groups excluding tert-OH is 1. The molecule has 1 heterocycles. The van der Waals surface area contributed by atoms with E-state index in [1.54, 1.807) is 0 Å². The number of Topliss-reactive ketones (excluding diaryl/α,β-unsaturated/α-hetero) is 1. The average Bonchev–Trinajstić information content (AvgIpc) is 2.43. The molecule has 0 bridgehead atoms. The molecule has 16 heavy (non-hydrogen) atoms. The summed E-state index contributed by atoms with van der Waals surface area (Å²) in [6.45, 7) is 12.7. The molecule has 0 saturated carbocycles. The van der Waals surface area contributed by atoms with Crippen LogP contribution in [0.3, 0.4) is 0 Å². The van der Waals surface area contributed by atoms with Crippen molar-refractivity contribution in [1.82, 2.24) is 4.90 Å². The number of likely N-dealkylation sites (tertiary alicyclic amines) is 1. The summed E-state index contributed by atoms with van der Waals surface area (Å²) in [5.74, 6) is 0.235. The van der Waals surface area contributed by atoms with Crippen LogP contribution in [0, 0.1) is 5.41 Å². The Labute approximate surface area is 98.8 Å². The molecule has 0 aliphatic carbocycles. The third kappa shape index (κ3) is 2.83. The van der Waals surface area contributed by atoms with Crippen molar-refractivity contribution in [2.24, 2.45) is 5.41 Å². The molecule has 0 aromatic rings. The lowest BCUT2D eigenvalue weighted by molar-refractivity contribution is -0.132. The molecular formula is C13H25NO2. The van der Waals surface area contributed by atoms with Crippen molar-refractivity contribution >= 4 is 5.78 Å². The van der Waals surface area contributed by atoms with Crippen LogP contribution < -0.4 is 0 Å². The summed E-state index contributed by atoms with van der Waals surface area (Å²) in [5.41, 5.74) is -0.402. The summed E-state index contributed by atoms with van der Waals surface area (Å²) < 4.78 is 0. The van der Waals surface area contributed by atoms with E-state index in [9.17, 15) is 9.90 Å². The summed E-state index contributed by atoms with van der Waals surface area (Å²) in [7, 11) is 0. The predicted molar refractivity (Wildman–Crippen MR) is 65.3 cm³/mol. The normalized spacial score (nSPS) is 28.4. The van der Waals surface area contributed by atoms with E-state index in [2.05, 4.69) is 25.7 Å². The highest BCUT2D eigenvalue weighted by atomic mass is 16.3. The van der Waals surface area contributed by atoms with Gasteiger partial charge in [-0.05, 0) is 27.2 Å². The Kier molecular flexibility index (Phi) is 3.51. The van der Waals surface area contributed by atoms with Crippen molar-refractivity contribution in [3.63, 3.8) is 0 Å². The molecule has 1 aliphatic heterocycles. The fraction of sp³-hybridized carbons (Fsp3) is 0.923. The predicted octanol–water partition coefficient (Wildman–Crippen LogP) is 1.84. The zero-order valence-corrected chi connectivity index (χ0v) is 11.4.